The van der Waals surface area contributed by atoms with Gasteiger partial charge in [-0.2, -0.15) is 0 Å². The van der Waals surface area contributed by atoms with Crippen LogP contribution in [0.2, 0.25) is 5.02 Å². The first-order valence-electron chi connectivity index (χ1n) is 15.4. The number of ether oxygens (including phenoxy) is 3. The van der Waals surface area contributed by atoms with Crippen LogP contribution >= 0.6 is 45.5 Å². The lowest BCUT2D eigenvalue weighted by Crippen LogP contribution is -2.40. The molecule has 0 saturated heterocycles. The van der Waals surface area contributed by atoms with E-state index >= 15 is 0 Å². The second-order valence-electron chi connectivity index (χ2n) is 11.5. The molecule has 11 heteroatoms. The molecule has 0 saturated carbocycles. The molecule has 0 fully saturated rings. The molecular formula is C38H33ClIN3O5S. The third-order valence-electron chi connectivity index (χ3n) is 8.21. The van der Waals surface area contributed by atoms with Crippen LogP contribution in [-0.2, 0) is 11.4 Å². The number of thiazole rings is 1. The maximum atomic E-state index is 14.3. The number of hydrogen-bond acceptors (Lipinski definition) is 7. The minimum absolute atomic E-state index is 0.262. The number of rotatable bonds is 9. The van der Waals surface area contributed by atoms with Gasteiger partial charge in [0.15, 0.2) is 16.3 Å². The van der Waals surface area contributed by atoms with Gasteiger partial charge in [-0.25, -0.2) is 4.99 Å². The van der Waals surface area contributed by atoms with Crippen molar-refractivity contribution in [2.24, 2.45) is 4.99 Å². The largest absolute Gasteiger partial charge is 0.497 e. The van der Waals surface area contributed by atoms with E-state index in [9.17, 15) is 9.59 Å². The van der Waals surface area contributed by atoms with Gasteiger partial charge in [-0.15, -0.1) is 0 Å². The van der Waals surface area contributed by atoms with Crippen LogP contribution in [0.15, 0.2) is 99.9 Å². The molecule has 0 radical (unpaired) electrons. The van der Waals surface area contributed by atoms with Crippen molar-refractivity contribution in [3.8, 4) is 17.2 Å². The number of aromatic nitrogens is 1. The Morgan fingerprint density at radius 3 is 2.47 bits per heavy atom. The van der Waals surface area contributed by atoms with Crippen LogP contribution < -0.4 is 34.4 Å². The number of nitrogens with zero attached hydrogens (tertiary/aromatic N) is 2. The molecule has 0 bridgehead atoms. The Morgan fingerprint density at radius 1 is 1.02 bits per heavy atom. The van der Waals surface area contributed by atoms with Crippen molar-refractivity contribution in [1.82, 2.24) is 4.57 Å². The molecule has 0 aliphatic carbocycles. The molecule has 1 atom stereocenters. The highest BCUT2D eigenvalue weighted by Crippen LogP contribution is 2.36. The van der Waals surface area contributed by atoms with Crippen molar-refractivity contribution in [2.75, 3.05) is 19.5 Å². The topological polar surface area (TPSA) is 91.2 Å². The number of carbonyl (C=O) groups excluding carboxylic acids is 1. The van der Waals surface area contributed by atoms with Crippen molar-refractivity contribution >= 4 is 63.2 Å². The fourth-order valence-electron chi connectivity index (χ4n) is 5.74. The Balaban J connectivity index is 1.41. The average Bonchev–Trinajstić information content (AvgIpc) is 3.38. The third kappa shape index (κ3) is 7.17. The number of hydrogen-bond donors (Lipinski definition) is 1. The van der Waals surface area contributed by atoms with Crippen molar-refractivity contribution in [2.45, 2.75) is 33.4 Å². The van der Waals surface area contributed by atoms with Crippen LogP contribution in [0, 0.1) is 17.4 Å². The van der Waals surface area contributed by atoms with Crippen LogP contribution in [0.5, 0.6) is 17.2 Å². The zero-order valence-electron chi connectivity index (χ0n) is 27.5. The van der Waals surface area contributed by atoms with Gasteiger partial charge in [0.05, 0.1) is 39.6 Å². The van der Waals surface area contributed by atoms with E-state index in [4.69, 9.17) is 30.8 Å². The summed E-state index contributed by atoms with van der Waals surface area (Å²) in [5.74, 6) is 1.45. The van der Waals surface area contributed by atoms with Crippen LogP contribution in [-0.4, -0.2) is 24.7 Å². The first-order valence-corrected chi connectivity index (χ1v) is 17.6. The first-order chi connectivity index (χ1) is 23.6. The summed E-state index contributed by atoms with van der Waals surface area (Å²) in [5, 5.41) is 3.69. The van der Waals surface area contributed by atoms with Crippen LogP contribution in [0.4, 0.5) is 5.69 Å². The summed E-state index contributed by atoms with van der Waals surface area (Å²) >= 11 is 9.80. The van der Waals surface area contributed by atoms with Gasteiger partial charge in [-0.05, 0) is 103 Å². The molecule has 1 aliphatic rings. The number of aryl methyl sites for hydroxylation is 2. The fraction of sp³-hybridized carbons (Fsp3) is 0.184. The Hall–Kier alpha value is -4.39. The van der Waals surface area contributed by atoms with Crippen LogP contribution in [0.1, 0.15) is 40.8 Å². The van der Waals surface area contributed by atoms with Crippen molar-refractivity contribution in [3.63, 3.8) is 0 Å². The molecule has 1 aliphatic heterocycles. The Labute approximate surface area is 306 Å². The first kappa shape index (κ1) is 34.5. The lowest BCUT2D eigenvalue weighted by Gasteiger charge is -2.25. The molecule has 8 nitrogen and oxygen atoms in total. The second-order valence-corrected chi connectivity index (χ2v) is 14.1. The van der Waals surface area contributed by atoms with Gasteiger partial charge in [0.25, 0.3) is 11.5 Å². The normalized spacial score (nSPS) is 14.3. The molecule has 6 rings (SSSR count). The maximum Gasteiger partial charge on any atom is 0.271 e. The molecule has 250 valence electrons. The second kappa shape index (κ2) is 14.6. The van der Waals surface area contributed by atoms with Crippen LogP contribution in [0.3, 0.4) is 0 Å². The van der Waals surface area contributed by atoms with E-state index < -0.39 is 6.04 Å². The number of amides is 1. The lowest BCUT2D eigenvalue weighted by atomic mass is 9.95. The molecule has 1 aromatic heterocycles. The van der Waals surface area contributed by atoms with Crippen molar-refractivity contribution in [1.29, 1.82) is 0 Å². The smallest absolute Gasteiger partial charge is 0.271 e. The predicted molar refractivity (Wildman–Crippen MR) is 203 cm³/mol. The number of nitrogens with one attached hydrogen (secondary N) is 1. The minimum Gasteiger partial charge on any atom is -0.497 e. The Bertz CT molecular complexity index is 2300. The molecule has 0 unspecified atom stereocenters. The molecular weight excluding hydrogens is 773 g/mol. The number of allylic oxidation sites excluding steroid dienone is 1. The highest BCUT2D eigenvalue weighted by Gasteiger charge is 2.33. The van der Waals surface area contributed by atoms with E-state index in [2.05, 4.69) is 27.9 Å². The minimum atomic E-state index is -0.717. The molecule has 5 aromatic rings. The Morgan fingerprint density at radius 2 is 1.78 bits per heavy atom. The predicted octanol–water partition coefficient (Wildman–Crippen LogP) is 7.34. The molecule has 1 N–H and O–H groups in total. The summed E-state index contributed by atoms with van der Waals surface area (Å²) in [4.78, 5) is 33.6. The zero-order valence-corrected chi connectivity index (χ0v) is 31.2. The number of methoxy groups -OCH3 is 2. The quantitative estimate of drug-likeness (QED) is 0.158. The van der Waals surface area contributed by atoms with Crippen molar-refractivity contribution in [3.05, 3.63) is 146 Å². The highest BCUT2D eigenvalue weighted by atomic mass is 127. The summed E-state index contributed by atoms with van der Waals surface area (Å²) < 4.78 is 20.1. The summed E-state index contributed by atoms with van der Waals surface area (Å²) in [6.45, 7) is 6.03. The average molecular weight is 806 g/mol. The summed E-state index contributed by atoms with van der Waals surface area (Å²) in [6.07, 6.45) is 1.81. The van der Waals surface area contributed by atoms with Crippen LogP contribution in [0.25, 0.3) is 6.08 Å². The van der Waals surface area contributed by atoms with Gasteiger partial charge >= 0.3 is 0 Å². The van der Waals surface area contributed by atoms with Gasteiger partial charge in [-0.3, -0.25) is 14.2 Å². The number of anilines is 1. The zero-order chi connectivity index (χ0) is 34.8. The van der Waals surface area contributed by atoms with E-state index in [1.165, 1.54) is 11.3 Å². The summed E-state index contributed by atoms with van der Waals surface area (Å²) in [5.41, 5.74) is 5.76. The Kier molecular flexibility index (Phi) is 10.3. The summed E-state index contributed by atoms with van der Waals surface area (Å²) in [6, 6.07) is 23.8. The fourth-order valence-corrected chi connectivity index (χ4v) is 7.75. The molecule has 4 aromatic carbocycles. The molecule has 49 heavy (non-hydrogen) atoms. The molecule has 0 spiro atoms. The third-order valence-corrected chi connectivity index (χ3v) is 10.4. The van der Waals surface area contributed by atoms with Gasteiger partial charge < -0.3 is 19.5 Å². The van der Waals surface area contributed by atoms with Gasteiger partial charge in [0.2, 0.25) is 0 Å². The van der Waals surface area contributed by atoms with E-state index in [0.717, 1.165) is 31.4 Å². The van der Waals surface area contributed by atoms with E-state index in [1.54, 1.807) is 25.7 Å². The van der Waals surface area contributed by atoms with E-state index in [1.807, 2.05) is 98.8 Å². The monoisotopic (exact) mass is 805 g/mol. The van der Waals surface area contributed by atoms with Gasteiger partial charge in [-0.1, -0.05) is 71.0 Å². The number of benzene rings is 4. The number of fused-ring (bicyclic) bond motifs is 1. The van der Waals surface area contributed by atoms with Gasteiger partial charge in [0.1, 0.15) is 12.4 Å². The van der Waals surface area contributed by atoms with Gasteiger partial charge in [0, 0.05) is 16.3 Å². The maximum absolute atomic E-state index is 14.3. The highest BCUT2D eigenvalue weighted by molar-refractivity contribution is 14.1. The lowest BCUT2D eigenvalue weighted by molar-refractivity contribution is -0.113. The number of halogens is 2. The van der Waals surface area contributed by atoms with E-state index in [-0.39, 0.29) is 18.1 Å². The number of carbonyl (C=O) groups is 1. The summed E-state index contributed by atoms with van der Waals surface area (Å²) in [7, 11) is 3.17. The van der Waals surface area contributed by atoms with E-state index in [0.29, 0.717) is 48.6 Å². The molecule has 2 heterocycles. The standard InChI is InChI=1S/C38H33ClIN3O5S/c1-21-10-15-30(22(2)16-21)42-36(44)33-23(3)41-38-43(34(33)25-11-13-27(46-4)14-12-25)37(45)32(49-38)19-24-17-29(40)35(31(18-24)47-5)48-20-26-8-6-7-9-28(26)39/h6-19,34H,20H2,1-5H3,(H,42,44)/b32-19+/t34-/m1/s1. The molecule has 1 amide bonds. The van der Waals surface area contributed by atoms with Crippen molar-refractivity contribution < 1.29 is 19.0 Å². The SMILES string of the molecule is COc1ccc([C@@H]2C(C(=O)Nc3ccc(C)cc3C)=C(C)N=c3s/c(=C/c4cc(I)c(OCc5ccccc5Cl)c(OC)c4)c(=O)n32)cc1.